The molecular formula is C15H19NO3S. The summed E-state index contributed by atoms with van der Waals surface area (Å²) in [5, 5.41) is 0. The van der Waals surface area contributed by atoms with Gasteiger partial charge in [-0.15, -0.1) is 11.8 Å². The molecule has 2 N–H and O–H groups in total. The highest BCUT2D eigenvalue weighted by atomic mass is 32.2. The predicted molar refractivity (Wildman–Crippen MR) is 81.8 cm³/mol. The standard InChI is InChI=1S/C15H19NO3S/c1-2-18-15(17)12-20-11-10-19-14-7-5-13(6-8-14)4-3-9-16/h5-8H,2,9-12,16H2,1H3. The predicted octanol–water partition coefficient (Wildman–Crippen LogP) is 1.67. The van der Waals surface area contributed by atoms with Gasteiger partial charge in [-0.25, -0.2) is 0 Å². The highest BCUT2D eigenvalue weighted by Crippen LogP contribution is 2.12. The summed E-state index contributed by atoms with van der Waals surface area (Å²) in [7, 11) is 0. The number of carbonyl (C=O) groups excluding carboxylic acids is 1. The van der Waals surface area contributed by atoms with Crippen molar-refractivity contribution in [2.24, 2.45) is 5.73 Å². The molecule has 0 unspecified atom stereocenters. The molecule has 0 heterocycles. The molecule has 0 aliphatic rings. The maximum absolute atomic E-state index is 11.1. The molecule has 0 fully saturated rings. The van der Waals surface area contributed by atoms with Gasteiger partial charge in [-0.1, -0.05) is 11.8 Å². The highest BCUT2D eigenvalue weighted by Gasteiger charge is 2.01. The van der Waals surface area contributed by atoms with Crippen molar-refractivity contribution in [3.8, 4) is 17.6 Å². The number of esters is 1. The molecule has 0 aliphatic carbocycles. The molecule has 5 heteroatoms. The van der Waals surface area contributed by atoms with E-state index in [4.69, 9.17) is 15.2 Å². The van der Waals surface area contributed by atoms with Crippen LogP contribution in [0, 0.1) is 11.8 Å². The summed E-state index contributed by atoms with van der Waals surface area (Å²) in [6.07, 6.45) is 0. The zero-order valence-corrected chi connectivity index (χ0v) is 12.4. The third-order valence-corrected chi connectivity index (χ3v) is 3.11. The van der Waals surface area contributed by atoms with Gasteiger partial charge in [-0.05, 0) is 31.2 Å². The minimum atomic E-state index is -0.180. The largest absolute Gasteiger partial charge is 0.493 e. The van der Waals surface area contributed by atoms with Crippen LogP contribution in [0.4, 0.5) is 0 Å². The lowest BCUT2D eigenvalue weighted by Gasteiger charge is -2.06. The van der Waals surface area contributed by atoms with Crippen molar-refractivity contribution < 1.29 is 14.3 Å². The van der Waals surface area contributed by atoms with Gasteiger partial charge >= 0.3 is 5.97 Å². The molecule has 1 rings (SSSR count). The van der Waals surface area contributed by atoms with Crippen LogP contribution in [0.1, 0.15) is 12.5 Å². The summed E-state index contributed by atoms with van der Waals surface area (Å²) in [6.45, 7) is 3.14. The molecule has 0 bridgehead atoms. The first kappa shape index (κ1) is 16.4. The van der Waals surface area contributed by atoms with Crippen molar-refractivity contribution in [1.29, 1.82) is 0 Å². The fourth-order valence-electron chi connectivity index (χ4n) is 1.36. The summed E-state index contributed by atoms with van der Waals surface area (Å²) in [4.78, 5) is 11.1. The van der Waals surface area contributed by atoms with Crippen molar-refractivity contribution in [1.82, 2.24) is 0 Å². The van der Waals surface area contributed by atoms with Gasteiger partial charge < -0.3 is 15.2 Å². The second-order valence-corrected chi connectivity index (χ2v) is 4.84. The quantitative estimate of drug-likeness (QED) is 0.471. The lowest BCUT2D eigenvalue weighted by molar-refractivity contribution is -0.139. The fraction of sp³-hybridized carbons (Fsp3) is 0.400. The van der Waals surface area contributed by atoms with E-state index < -0.39 is 0 Å². The zero-order chi connectivity index (χ0) is 14.6. The van der Waals surface area contributed by atoms with Gasteiger partial charge in [0.15, 0.2) is 0 Å². The number of nitrogens with two attached hydrogens (primary N) is 1. The molecule has 0 saturated heterocycles. The minimum Gasteiger partial charge on any atom is -0.493 e. The molecule has 1 aromatic rings. The van der Waals surface area contributed by atoms with Gasteiger partial charge in [0, 0.05) is 11.3 Å². The van der Waals surface area contributed by atoms with Gasteiger partial charge in [0.05, 0.1) is 25.5 Å². The van der Waals surface area contributed by atoms with Gasteiger partial charge in [0.25, 0.3) is 0 Å². The Hall–Kier alpha value is -1.64. The van der Waals surface area contributed by atoms with Crippen LogP contribution >= 0.6 is 11.8 Å². The van der Waals surface area contributed by atoms with E-state index in [9.17, 15) is 4.79 Å². The average molecular weight is 293 g/mol. The van der Waals surface area contributed by atoms with Crippen molar-refractivity contribution in [3.63, 3.8) is 0 Å². The van der Waals surface area contributed by atoms with Gasteiger partial charge in [-0.2, -0.15) is 0 Å². The topological polar surface area (TPSA) is 61.5 Å². The van der Waals surface area contributed by atoms with Gasteiger partial charge in [0.1, 0.15) is 5.75 Å². The van der Waals surface area contributed by atoms with Crippen LogP contribution in [0.15, 0.2) is 24.3 Å². The van der Waals surface area contributed by atoms with Crippen LogP contribution in [0.2, 0.25) is 0 Å². The lowest BCUT2D eigenvalue weighted by atomic mass is 10.2. The third kappa shape index (κ3) is 7.07. The van der Waals surface area contributed by atoms with Crippen LogP contribution in [0.25, 0.3) is 0 Å². The van der Waals surface area contributed by atoms with Crippen LogP contribution in [0.5, 0.6) is 5.75 Å². The number of rotatable bonds is 7. The maximum atomic E-state index is 11.1. The third-order valence-electron chi connectivity index (χ3n) is 2.21. The summed E-state index contributed by atoms with van der Waals surface area (Å²) in [5.41, 5.74) is 6.22. The Bertz CT molecular complexity index is 462. The molecule has 108 valence electrons. The number of benzene rings is 1. The zero-order valence-electron chi connectivity index (χ0n) is 11.6. The van der Waals surface area contributed by atoms with Crippen LogP contribution < -0.4 is 10.5 Å². The smallest absolute Gasteiger partial charge is 0.315 e. The Kier molecular flexibility index (Phi) is 8.36. The molecule has 4 nitrogen and oxygen atoms in total. The molecule has 0 spiro atoms. The molecule has 20 heavy (non-hydrogen) atoms. The monoisotopic (exact) mass is 293 g/mol. The Morgan fingerprint density at radius 2 is 2.10 bits per heavy atom. The molecular weight excluding hydrogens is 274 g/mol. The Morgan fingerprint density at radius 1 is 1.35 bits per heavy atom. The van der Waals surface area contributed by atoms with Gasteiger partial charge in [-0.3, -0.25) is 4.79 Å². The van der Waals surface area contributed by atoms with Gasteiger partial charge in [0.2, 0.25) is 0 Å². The van der Waals surface area contributed by atoms with Crippen LogP contribution in [-0.4, -0.2) is 37.2 Å². The summed E-state index contributed by atoms with van der Waals surface area (Å²) >= 11 is 1.50. The molecule has 0 aliphatic heterocycles. The average Bonchev–Trinajstić information content (AvgIpc) is 2.46. The summed E-state index contributed by atoms with van der Waals surface area (Å²) in [6, 6.07) is 7.53. The Morgan fingerprint density at radius 3 is 2.75 bits per heavy atom. The molecule has 0 radical (unpaired) electrons. The van der Waals surface area contributed by atoms with Crippen LogP contribution in [-0.2, 0) is 9.53 Å². The number of thioether (sulfide) groups is 1. The van der Waals surface area contributed by atoms with E-state index in [2.05, 4.69) is 11.8 Å². The van der Waals surface area contributed by atoms with E-state index >= 15 is 0 Å². The number of ether oxygens (including phenoxy) is 2. The second kappa shape index (κ2) is 10.2. The Balaban J connectivity index is 2.20. The fourth-order valence-corrected chi connectivity index (χ4v) is 1.96. The maximum Gasteiger partial charge on any atom is 0.315 e. The molecule has 0 aromatic heterocycles. The number of hydrogen-bond donors (Lipinski definition) is 1. The van der Waals surface area contributed by atoms with E-state index in [0.717, 1.165) is 17.1 Å². The van der Waals surface area contributed by atoms with E-state index in [1.165, 1.54) is 11.8 Å². The molecule has 1 aromatic carbocycles. The van der Waals surface area contributed by atoms with Crippen molar-refractivity contribution in [2.45, 2.75) is 6.92 Å². The van der Waals surface area contributed by atoms with E-state index in [1.807, 2.05) is 24.3 Å². The summed E-state index contributed by atoms with van der Waals surface area (Å²) in [5.74, 6) is 7.46. The normalized spacial score (nSPS) is 9.50. The first-order valence-electron chi connectivity index (χ1n) is 6.41. The van der Waals surface area contributed by atoms with Crippen molar-refractivity contribution in [3.05, 3.63) is 29.8 Å². The van der Waals surface area contributed by atoms with E-state index in [-0.39, 0.29) is 5.97 Å². The summed E-state index contributed by atoms with van der Waals surface area (Å²) < 4.78 is 10.4. The Labute approximate surface area is 124 Å². The van der Waals surface area contributed by atoms with Crippen molar-refractivity contribution in [2.75, 3.05) is 31.3 Å². The SMILES string of the molecule is CCOC(=O)CSCCOc1ccc(C#CCN)cc1. The van der Waals surface area contributed by atoms with E-state index in [1.54, 1.807) is 6.92 Å². The highest BCUT2D eigenvalue weighted by molar-refractivity contribution is 7.99. The minimum absolute atomic E-state index is 0.180. The van der Waals surface area contributed by atoms with Crippen LogP contribution in [0.3, 0.4) is 0 Å². The lowest BCUT2D eigenvalue weighted by Crippen LogP contribution is -2.09. The molecule has 0 saturated carbocycles. The first-order valence-corrected chi connectivity index (χ1v) is 7.57. The number of carbonyl (C=O) groups is 1. The van der Waals surface area contributed by atoms with Crippen molar-refractivity contribution >= 4 is 17.7 Å². The molecule has 0 amide bonds. The molecule has 0 atom stereocenters. The number of hydrogen-bond acceptors (Lipinski definition) is 5. The van der Waals surface area contributed by atoms with E-state index in [0.29, 0.717) is 25.5 Å². The second-order valence-electron chi connectivity index (χ2n) is 3.74. The first-order chi connectivity index (χ1) is 9.76.